The average Bonchev–Trinajstić information content (AvgIpc) is 4.00. The number of aromatic nitrogens is 5. The highest BCUT2D eigenvalue weighted by atomic mass is 15.2. The van der Waals surface area contributed by atoms with Gasteiger partial charge in [0.2, 0.25) is 5.95 Å². The molecule has 0 aliphatic heterocycles. The van der Waals surface area contributed by atoms with Gasteiger partial charge in [-0.05, 0) is 116 Å². The van der Waals surface area contributed by atoms with Crippen LogP contribution in [0.4, 0.5) is 0 Å². The second kappa shape index (κ2) is 15.0. The molecule has 14 rings (SSSR count). The molecule has 0 saturated carbocycles. The SMILES string of the molecule is CC1CC2(C)c3ccc(-c4ccc(-n5c6ccccc6c6cc7c8ccccc8n(-c8nc(-c9ccccc9)nc(-c9cccc(-c%10ccccc%10)c9)n8)c7cc65)cc4)cc3-c3cccc(c32)C1(C)C. The van der Waals surface area contributed by atoms with Gasteiger partial charge in [0.05, 0.1) is 22.1 Å². The van der Waals surface area contributed by atoms with Crippen LogP contribution in [0.3, 0.4) is 0 Å². The van der Waals surface area contributed by atoms with Gasteiger partial charge in [0.1, 0.15) is 0 Å². The first kappa shape index (κ1) is 40.6. The van der Waals surface area contributed by atoms with E-state index >= 15 is 0 Å². The zero-order chi connectivity index (χ0) is 46.9. The van der Waals surface area contributed by atoms with Crippen LogP contribution >= 0.6 is 0 Å². The van der Waals surface area contributed by atoms with E-state index in [0.717, 1.165) is 67.2 Å². The summed E-state index contributed by atoms with van der Waals surface area (Å²) in [4.78, 5) is 15.8. The molecule has 0 spiro atoms. The lowest BCUT2D eigenvalue weighted by Crippen LogP contribution is -2.40. The normalized spacial score (nSPS) is 16.8. The quantitative estimate of drug-likeness (QED) is 0.167. The molecule has 5 nitrogen and oxygen atoms in total. The first-order valence-corrected chi connectivity index (χ1v) is 24.6. The lowest BCUT2D eigenvalue weighted by Gasteiger charge is -2.46. The molecule has 12 aromatic rings. The molecule has 9 aromatic carbocycles. The van der Waals surface area contributed by atoms with Crippen LogP contribution in [-0.4, -0.2) is 24.1 Å². The molecule has 3 aromatic heterocycles. The van der Waals surface area contributed by atoms with Crippen molar-refractivity contribution in [2.45, 2.75) is 44.9 Å². The minimum atomic E-state index is 0.0245. The van der Waals surface area contributed by atoms with Gasteiger partial charge in [0, 0.05) is 43.8 Å². The van der Waals surface area contributed by atoms with E-state index < -0.39 is 0 Å². The van der Waals surface area contributed by atoms with Crippen molar-refractivity contribution in [2.24, 2.45) is 5.92 Å². The highest BCUT2D eigenvalue weighted by Crippen LogP contribution is 2.60. The van der Waals surface area contributed by atoms with Crippen LogP contribution < -0.4 is 0 Å². The van der Waals surface area contributed by atoms with Crippen molar-refractivity contribution in [3.05, 3.63) is 223 Å². The molecule has 0 N–H and O–H groups in total. The summed E-state index contributed by atoms with van der Waals surface area (Å²) in [5, 5.41) is 4.69. The average molecular weight is 900 g/mol. The van der Waals surface area contributed by atoms with E-state index in [2.05, 4.69) is 219 Å². The molecule has 0 fully saturated rings. The molecule has 70 heavy (non-hydrogen) atoms. The van der Waals surface area contributed by atoms with Gasteiger partial charge in [0.15, 0.2) is 11.6 Å². The predicted octanol–water partition coefficient (Wildman–Crippen LogP) is 16.3. The van der Waals surface area contributed by atoms with Crippen molar-refractivity contribution < 1.29 is 0 Å². The molecule has 2 aliphatic rings. The molecule has 2 aliphatic carbocycles. The Balaban J connectivity index is 0.931. The molecule has 2 unspecified atom stereocenters. The lowest BCUT2D eigenvalue weighted by atomic mass is 9.57. The summed E-state index contributed by atoms with van der Waals surface area (Å²) in [5.41, 5.74) is 19.5. The van der Waals surface area contributed by atoms with Gasteiger partial charge in [-0.1, -0.05) is 185 Å². The summed E-state index contributed by atoms with van der Waals surface area (Å²) in [7, 11) is 0. The highest BCUT2D eigenvalue weighted by molar-refractivity contribution is 6.19. The number of hydrogen-bond donors (Lipinski definition) is 0. The molecular formula is C65H49N5. The van der Waals surface area contributed by atoms with Crippen molar-refractivity contribution in [3.8, 4) is 67.8 Å². The molecular weight excluding hydrogens is 851 g/mol. The summed E-state index contributed by atoms with van der Waals surface area (Å²) in [6.07, 6.45) is 1.16. The molecule has 0 radical (unpaired) electrons. The van der Waals surface area contributed by atoms with Crippen LogP contribution in [-0.2, 0) is 10.8 Å². The largest absolute Gasteiger partial charge is 0.309 e. The van der Waals surface area contributed by atoms with E-state index in [1.165, 1.54) is 44.2 Å². The molecule has 0 amide bonds. The third kappa shape index (κ3) is 5.94. The van der Waals surface area contributed by atoms with Crippen molar-refractivity contribution in [2.75, 3.05) is 0 Å². The number of rotatable bonds is 6. The molecule has 3 heterocycles. The summed E-state index contributed by atoms with van der Waals surface area (Å²) in [6, 6.07) is 74.7. The number of para-hydroxylation sites is 2. The van der Waals surface area contributed by atoms with Crippen molar-refractivity contribution in [1.29, 1.82) is 0 Å². The molecule has 334 valence electrons. The van der Waals surface area contributed by atoms with Crippen LogP contribution in [0.15, 0.2) is 206 Å². The van der Waals surface area contributed by atoms with E-state index in [1.54, 1.807) is 5.56 Å². The minimum absolute atomic E-state index is 0.0245. The van der Waals surface area contributed by atoms with Gasteiger partial charge >= 0.3 is 0 Å². The molecule has 0 bridgehead atoms. The van der Waals surface area contributed by atoms with E-state index in [9.17, 15) is 0 Å². The van der Waals surface area contributed by atoms with Crippen molar-refractivity contribution in [3.63, 3.8) is 0 Å². The van der Waals surface area contributed by atoms with Gasteiger partial charge in [-0.3, -0.25) is 4.57 Å². The zero-order valence-corrected chi connectivity index (χ0v) is 39.7. The van der Waals surface area contributed by atoms with Crippen LogP contribution in [0.25, 0.3) is 111 Å². The van der Waals surface area contributed by atoms with Gasteiger partial charge in [-0.25, -0.2) is 4.98 Å². The van der Waals surface area contributed by atoms with Crippen LogP contribution in [0.2, 0.25) is 0 Å². The summed E-state index contributed by atoms with van der Waals surface area (Å²) < 4.78 is 4.65. The second-order valence-electron chi connectivity index (χ2n) is 20.4. The van der Waals surface area contributed by atoms with Crippen LogP contribution in [0.1, 0.15) is 50.8 Å². The fourth-order valence-corrected chi connectivity index (χ4v) is 12.3. The maximum atomic E-state index is 5.35. The number of hydrogen-bond acceptors (Lipinski definition) is 3. The van der Waals surface area contributed by atoms with E-state index in [0.29, 0.717) is 23.5 Å². The van der Waals surface area contributed by atoms with Crippen molar-refractivity contribution >= 4 is 43.6 Å². The maximum absolute atomic E-state index is 5.35. The Labute approximate surface area is 407 Å². The van der Waals surface area contributed by atoms with Crippen molar-refractivity contribution in [1.82, 2.24) is 24.1 Å². The Hall–Kier alpha value is -8.41. The maximum Gasteiger partial charge on any atom is 0.238 e. The number of nitrogens with zero attached hydrogens (tertiary/aromatic N) is 5. The smallest absolute Gasteiger partial charge is 0.238 e. The molecule has 5 heteroatoms. The Bertz CT molecular complexity index is 4090. The fraction of sp³-hybridized carbons (Fsp3) is 0.123. The minimum Gasteiger partial charge on any atom is -0.309 e. The standard InChI is InChI=1S/C65H49N5/c1-40-39-65(4)54-34-31-45(36-51(54)50-25-16-26-55(60(50)65)64(40,2)3)42-29-32-47(33-30-42)69-56-27-13-11-23-48(56)52-37-53-49-24-12-14-28-57(49)70(59(53)38-58(52)69)63-67-61(43-19-9-6-10-20-43)66-62(68-63)46-22-15-21-44(35-46)41-17-7-5-8-18-41/h5-38,40H,39H2,1-4H3. The van der Waals surface area contributed by atoms with Gasteiger partial charge in [0.25, 0.3) is 0 Å². The summed E-state index contributed by atoms with van der Waals surface area (Å²) in [6.45, 7) is 9.79. The topological polar surface area (TPSA) is 48.5 Å². The third-order valence-electron chi connectivity index (χ3n) is 16.2. The Morgan fingerprint density at radius 2 is 0.957 bits per heavy atom. The second-order valence-corrected chi connectivity index (χ2v) is 20.4. The predicted molar refractivity (Wildman–Crippen MR) is 289 cm³/mol. The Morgan fingerprint density at radius 1 is 0.400 bits per heavy atom. The first-order valence-electron chi connectivity index (χ1n) is 24.6. The fourth-order valence-electron chi connectivity index (χ4n) is 12.3. The summed E-state index contributed by atoms with van der Waals surface area (Å²) >= 11 is 0. The lowest BCUT2D eigenvalue weighted by molar-refractivity contribution is 0.249. The van der Waals surface area contributed by atoms with E-state index in [1.807, 2.05) is 24.3 Å². The van der Waals surface area contributed by atoms with E-state index in [-0.39, 0.29) is 10.8 Å². The number of benzene rings is 9. The molecule has 0 saturated heterocycles. The van der Waals surface area contributed by atoms with E-state index in [4.69, 9.17) is 15.0 Å². The van der Waals surface area contributed by atoms with Crippen LogP contribution in [0.5, 0.6) is 0 Å². The Kier molecular flexibility index (Phi) is 8.73. The monoisotopic (exact) mass is 899 g/mol. The van der Waals surface area contributed by atoms with Gasteiger partial charge < -0.3 is 4.57 Å². The number of fused-ring (bicyclic) bond motifs is 9. The summed E-state index contributed by atoms with van der Waals surface area (Å²) in [5.74, 6) is 2.39. The first-order chi connectivity index (χ1) is 34.2. The Morgan fingerprint density at radius 3 is 1.69 bits per heavy atom. The van der Waals surface area contributed by atoms with Gasteiger partial charge in [-0.15, -0.1) is 0 Å². The highest BCUT2D eigenvalue weighted by Gasteiger charge is 2.50. The third-order valence-corrected chi connectivity index (χ3v) is 16.2. The zero-order valence-electron chi connectivity index (χ0n) is 39.7. The molecule has 2 atom stereocenters. The van der Waals surface area contributed by atoms with Gasteiger partial charge in [-0.2, -0.15) is 9.97 Å². The van der Waals surface area contributed by atoms with Crippen LogP contribution in [0, 0.1) is 5.92 Å².